The molecule has 1 amide bonds. The molecule has 0 unspecified atom stereocenters. The van der Waals surface area contributed by atoms with Gasteiger partial charge in [0.15, 0.2) is 0 Å². The second kappa shape index (κ2) is 7.39. The van der Waals surface area contributed by atoms with Crippen LogP contribution in [0.2, 0.25) is 0 Å². The van der Waals surface area contributed by atoms with Gasteiger partial charge in [-0.05, 0) is 12.1 Å². The van der Waals surface area contributed by atoms with Gasteiger partial charge in [-0.3, -0.25) is 19.8 Å². The molecule has 3 rings (SSSR count). The Morgan fingerprint density at radius 2 is 1.80 bits per heavy atom. The van der Waals surface area contributed by atoms with Gasteiger partial charge >= 0.3 is 0 Å². The summed E-state index contributed by atoms with van der Waals surface area (Å²) >= 11 is 0. The van der Waals surface area contributed by atoms with Gasteiger partial charge in [0.05, 0.1) is 11.5 Å². The van der Waals surface area contributed by atoms with Crippen LogP contribution in [0.15, 0.2) is 28.7 Å². The maximum atomic E-state index is 12.5. The molecular formula is C16H19N5O4. The number of benzene rings is 1. The molecule has 1 aliphatic heterocycles. The topological polar surface area (TPSA) is 106 Å². The first-order valence-electron chi connectivity index (χ1n) is 8.14. The van der Waals surface area contributed by atoms with Crippen LogP contribution in [0.1, 0.15) is 29.1 Å². The van der Waals surface area contributed by atoms with Crippen molar-refractivity contribution >= 4 is 11.6 Å². The number of carbonyl (C=O) groups is 1. The van der Waals surface area contributed by atoms with Crippen LogP contribution in [0.5, 0.6) is 0 Å². The molecule has 9 heteroatoms. The van der Waals surface area contributed by atoms with Gasteiger partial charge in [0.2, 0.25) is 11.8 Å². The molecule has 0 saturated carbocycles. The van der Waals surface area contributed by atoms with Crippen LogP contribution in [-0.2, 0) is 13.0 Å². The highest BCUT2D eigenvalue weighted by Gasteiger charge is 2.23. The molecule has 2 heterocycles. The lowest BCUT2D eigenvalue weighted by Gasteiger charge is -2.34. The molecule has 1 aromatic heterocycles. The molecule has 1 aromatic carbocycles. The highest BCUT2D eigenvalue weighted by Crippen LogP contribution is 2.15. The molecule has 25 heavy (non-hydrogen) atoms. The zero-order valence-corrected chi connectivity index (χ0v) is 13.9. The number of nitro benzene ring substituents is 1. The second-order valence-electron chi connectivity index (χ2n) is 5.82. The molecule has 1 aliphatic rings. The maximum Gasteiger partial charge on any atom is 0.269 e. The highest BCUT2D eigenvalue weighted by molar-refractivity contribution is 5.94. The molecule has 1 saturated heterocycles. The fourth-order valence-corrected chi connectivity index (χ4v) is 2.70. The van der Waals surface area contributed by atoms with Gasteiger partial charge < -0.3 is 9.32 Å². The summed E-state index contributed by atoms with van der Waals surface area (Å²) in [5.41, 5.74) is 0.441. The number of rotatable bonds is 5. The van der Waals surface area contributed by atoms with E-state index < -0.39 is 4.92 Å². The lowest BCUT2D eigenvalue weighted by atomic mass is 10.1. The van der Waals surface area contributed by atoms with Gasteiger partial charge in [0.25, 0.3) is 11.6 Å². The lowest BCUT2D eigenvalue weighted by molar-refractivity contribution is -0.384. The third-order valence-electron chi connectivity index (χ3n) is 4.15. The summed E-state index contributed by atoms with van der Waals surface area (Å²) in [6, 6.07) is 5.70. The zero-order chi connectivity index (χ0) is 17.8. The molecule has 0 aliphatic carbocycles. The standard InChI is InChI=1S/C16H19N5O4/c1-2-14-17-18-15(25-14)11-19-7-9-20(10-8-19)16(22)12-3-5-13(6-4-12)21(23)24/h3-6H,2,7-11H2,1H3. The monoisotopic (exact) mass is 345 g/mol. The first kappa shape index (κ1) is 17.0. The van der Waals surface area contributed by atoms with E-state index in [4.69, 9.17) is 4.42 Å². The summed E-state index contributed by atoms with van der Waals surface area (Å²) in [7, 11) is 0. The van der Waals surface area contributed by atoms with E-state index in [-0.39, 0.29) is 11.6 Å². The zero-order valence-electron chi connectivity index (χ0n) is 13.9. The Hall–Kier alpha value is -2.81. The Morgan fingerprint density at radius 1 is 1.16 bits per heavy atom. The Kier molecular flexibility index (Phi) is 5.03. The number of nitrogens with zero attached hydrogens (tertiary/aromatic N) is 5. The molecule has 2 aromatic rings. The first-order chi connectivity index (χ1) is 12.1. The second-order valence-corrected chi connectivity index (χ2v) is 5.82. The largest absolute Gasteiger partial charge is 0.424 e. The van der Waals surface area contributed by atoms with Crippen LogP contribution < -0.4 is 0 Å². The van der Waals surface area contributed by atoms with E-state index in [0.29, 0.717) is 56.5 Å². The smallest absolute Gasteiger partial charge is 0.269 e. The van der Waals surface area contributed by atoms with Gasteiger partial charge in [-0.25, -0.2) is 0 Å². The number of amides is 1. The summed E-state index contributed by atoms with van der Waals surface area (Å²) < 4.78 is 5.51. The van der Waals surface area contributed by atoms with Crippen molar-refractivity contribution in [3.63, 3.8) is 0 Å². The van der Waals surface area contributed by atoms with Gasteiger partial charge in [-0.2, -0.15) is 0 Å². The van der Waals surface area contributed by atoms with E-state index >= 15 is 0 Å². The fourth-order valence-electron chi connectivity index (χ4n) is 2.70. The van der Waals surface area contributed by atoms with Crippen molar-refractivity contribution in [3.05, 3.63) is 51.7 Å². The maximum absolute atomic E-state index is 12.5. The van der Waals surface area contributed by atoms with E-state index in [9.17, 15) is 14.9 Å². The van der Waals surface area contributed by atoms with Crippen LogP contribution in [0.4, 0.5) is 5.69 Å². The molecule has 132 valence electrons. The molecule has 0 N–H and O–H groups in total. The predicted octanol–water partition coefficient (Wildman–Crippen LogP) is 1.50. The predicted molar refractivity (Wildman–Crippen MR) is 88.0 cm³/mol. The summed E-state index contributed by atoms with van der Waals surface area (Å²) in [6.45, 7) is 5.13. The van der Waals surface area contributed by atoms with Crippen molar-refractivity contribution in [2.45, 2.75) is 19.9 Å². The van der Waals surface area contributed by atoms with Gasteiger partial charge in [0.1, 0.15) is 0 Å². The molecular weight excluding hydrogens is 326 g/mol. The highest BCUT2D eigenvalue weighted by atomic mass is 16.6. The molecule has 0 atom stereocenters. The number of hydrogen-bond acceptors (Lipinski definition) is 7. The lowest BCUT2D eigenvalue weighted by Crippen LogP contribution is -2.48. The molecule has 1 fully saturated rings. The summed E-state index contributed by atoms with van der Waals surface area (Å²) in [4.78, 5) is 26.6. The van der Waals surface area contributed by atoms with Crippen LogP contribution in [0.3, 0.4) is 0 Å². The van der Waals surface area contributed by atoms with Crippen LogP contribution in [0, 0.1) is 10.1 Å². The van der Waals surface area contributed by atoms with E-state index in [0.717, 1.165) is 0 Å². The Bertz CT molecular complexity index is 750. The van der Waals surface area contributed by atoms with Crippen molar-refractivity contribution in [1.29, 1.82) is 0 Å². The Labute approximate surface area is 144 Å². The van der Waals surface area contributed by atoms with E-state index in [2.05, 4.69) is 15.1 Å². The summed E-state index contributed by atoms with van der Waals surface area (Å²) in [6.07, 6.45) is 0.713. The third kappa shape index (κ3) is 4.00. The number of piperazine rings is 1. The number of nitro groups is 1. The van der Waals surface area contributed by atoms with Crippen LogP contribution in [0.25, 0.3) is 0 Å². The van der Waals surface area contributed by atoms with Gasteiger partial charge in [-0.1, -0.05) is 6.92 Å². The fraction of sp³-hybridized carbons (Fsp3) is 0.438. The van der Waals surface area contributed by atoms with Crippen LogP contribution in [-0.4, -0.2) is 57.0 Å². The number of non-ortho nitro benzene ring substituents is 1. The average Bonchev–Trinajstić information content (AvgIpc) is 3.09. The Morgan fingerprint density at radius 3 is 2.36 bits per heavy atom. The average molecular weight is 345 g/mol. The van der Waals surface area contributed by atoms with Crippen LogP contribution >= 0.6 is 0 Å². The molecule has 0 bridgehead atoms. The van der Waals surface area contributed by atoms with Crippen molar-refractivity contribution in [1.82, 2.24) is 20.0 Å². The SMILES string of the molecule is CCc1nnc(CN2CCN(C(=O)c3ccc([N+](=O)[O-])cc3)CC2)o1. The normalized spacial score (nSPS) is 15.3. The first-order valence-corrected chi connectivity index (χ1v) is 8.14. The van der Waals surface area contributed by atoms with E-state index in [1.165, 1.54) is 24.3 Å². The van der Waals surface area contributed by atoms with Gasteiger partial charge in [-0.15, -0.1) is 10.2 Å². The molecule has 0 spiro atoms. The van der Waals surface area contributed by atoms with Gasteiger partial charge in [0, 0.05) is 50.3 Å². The number of hydrogen-bond donors (Lipinski definition) is 0. The van der Waals surface area contributed by atoms with Crippen molar-refractivity contribution in [2.75, 3.05) is 26.2 Å². The van der Waals surface area contributed by atoms with E-state index in [1.807, 2.05) is 6.92 Å². The van der Waals surface area contributed by atoms with Crippen molar-refractivity contribution in [2.24, 2.45) is 0 Å². The van der Waals surface area contributed by atoms with Crippen molar-refractivity contribution in [3.8, 4) is 0 Å². The minimum atomic E-state index is -0.478. The summed E-state index contributed by atoms with van der Waals surface area (Å²) in [5.74, 6) is 1.11. The minimum absolute atomic E-state index is 0.0209. The molecule has 0 radical (unpaired) electrons. The number of aromatic nitrogens is 2. The quantitative estimate of drug-likeness (QED) is 0.597. The van der Waals surface area contributed by atoms with E-state index in [1.54, 1.807) is 4.90 Å². The summed E-state index contributed by atoms with van der Waals surface area (Å²) in [5, 5.41) is 18.6. The number of aryl methyl sites for hydroxylation is 1. The Balaban J connectivity index is 1.54. The van der Waals surface area contributed by atoms with Crippen molar-refractivity contribution < 1.29 is 14.1 Å². The molecule has 9 nitrogen and oxygen atoms in total. The number of carbonyl (C=O) groups excluding carboxylic acids is 1. The minimum Gasteiger partial charge on any atom is -0.424 e. The third-order valence-corrected chi connectivity index (χ3v) is 4.15.